The van der Waals surface area contributed by atoms with E-state index in [1.165, 1.54) is 44.2 Å². The van der Waals surface area contributed by atoms with E-state index in [1.54, 1.807) is 28.4 Å². The van der Waals surface area contributed by atoms with Crippen LogP contribution in [0, 0.1) is 12.3 Å². The highest BCUT2D eigenvalue weighted by atomic mass is 16.2. The number of amides is 3. The molecule has 2 N–H and O–H groups in total. The Balaban J connectivity index is 1.40. The minimum absolute atomic E-state index is 0.0120. The van der Waals surface area contributed by atoms with E-state index < -0.39 is 11.9 Å². The number of rotatable bonds is 5. The third-order valence-corrected chi connectivity index (χ3v) is 6.73. The molecule has 1 aromatic rings. The number of nitrogens with zero attached hydrogens (tertiary/aromatic N) is 2. The summed E-state index contributed by atoms with van der Waals surface area (Å²) in [5, 5.41) is 0. The van der Waals surface area contributed by atoms with Gasteiger partial charge in [0.05, 0.1) is 19.0 Å². The van der Waals surface area contributed by atoms with Crippen LogP contribution in [0.1, 0.15) is 65.7 Å². The van der Waals surface area contributed by atoms with Crippen LogP contribution in [-0.2, 0) is 9.59 Å². The van der Waals surface area contributed by atoms with Crippen LogP contribution in [0.25, 0.3) is 0 Å². The minimum Gasteiger partial charge on any atom is -0.366 e. The Morgan fingerprint density at radius 3 is 2.30 bits per heavy atom. The molecule has 1 radical (unpaired) electrons. The average molecular weight is 410 g/mol. The van der Waals surface area contributed by atoms with Crippen molar-refractivity contribution in [2.45, 2.75) is 57.0 Å². The number of Topliss-reactive ketones (excluding diaryl/α,β-unsaturated/α-hetero) is 1. The number of fused-ring (bicyclic) bond motifs is 1. The van der Waals surface area contributed by atoms with Crippen molar-refractivity contribution in [2.24, 2.45) is 11.7 Å². The van der Waals surface area contributed by atoms with E-state index in [9.17, 15) is 19.2 Å². The predicted molar refractivity (Wildman–Crippen MR) is 110 cm³/mol. The quantitative estimate of drug-likeness (QED) is 0.802. The maximum Gasteiger partial charge on any atom is 0.254 e. The zero-order chi connectivity index (χ0) is 21.3. The van der Waals surface area contributed by atoms with Crippen molar-refractivity contribution in [3.63, 3.8) is 0 Å². The van der Waals surface area contributed by atoms with Crippen LogP contribution in [0.4, 0.5) is 0 Å². The fourth-order valence-corrected chi connectivity index (χ4v) is 5.09. The lowest BCUT2D eigenvalue weighted by Crippen LogP contribution is -2.43. The van der Waals surface area contributed by atoms with Gasteiger partial charge >= 0.3 is 0 Å². The van der Waals surface area contributed by atoms with Crippen LogP contribution in [0.15, 0.2) is 24.3 Å². The molecule has 1 aromatic carbocycles. The molecule has 0 aromatic heterocycles. The van der Waals surface area contributed by atoms with Gasteiger partial charge in [-0.1, -0.05) is 32.1 Å². The van der Waals surface area contributed by atoms with Gasteiger partial charge in [0.15, 0.2) is 5.78 Å². The summed E-state index contributed by atoms with van der Waals surface area (Å²) >= 11 is 0. The van der Waals surface area contributed by atoms with Crippen molar-refractivity contribution in [1.29, 1.82) is 0 Å². The van der Waals surface area contributed by atoms with E-state index in [0.717, 1.165) is 6.42 Å². The van der Waals surface area contributed by atoms with Gasteiger partial charge in [0.2, 0.25) is 11.8 Å². The second-order valence-electron chi connectivity index (χ2n) is 8.62. The van der Waals surface area contributed by atoms with Gasteiger partial charge in [-0.25, -0.2) is 0 Å². The molecule has 2 unspecified atom stereocenters. The molecule has 30 heavy (non-hydrogen) atoms. The average Bonchev–Trinajstić information content (AvgIpc) is 3.34. The van der Waals surface area contributed by atoms with E-state index in [0.29, 0.717) is 30.0 Å². The summed E-state index contributed by atoms with van der Waals surface area (Å²) in [7, 11) is 0. The van der Waals surface area contributed by atoms with Gasteiger partial charge < -0.3 is 15.5 Å². The topological polar surface area (TPSA) is 101 Å². The SMILES string of the molecule is NC(=O)c1ccc(C(=O)N2CC(=O)C3C2CCN3C(=O)[CH]CC2CCCCC2)cc1. The molecular weight excluding hydrogens is 382 g/mol. The van der Waals surface area contributed by atoms with Crippen molar-refractivity contribution in [3.8, 4) is 0 Å². The summed E-state index contributed by atoms with van der Waals surface area (Å²) in [5.74, 6) is -0.408. The van der Waals surface area contributed by atoms with Crippen molar-refractivity contribution >= 4 is 23.5 Å². The molecule has 4 rings (SSSR count). The van der Waals surface area contributed by atoms with Gasteiger partial charge in [-0.15, -0.1) is 0 Å². The summed E-state index contributed by atoms with van der Waals surface area (Å²) in [4.78, 5) is 52.9. The molecule has 0 spiro atoms. The van der Waals surface area contributed by atoms with Crippen LogP contribution in [0.2, 0.25) is 0 Å². The highest BCUT2D eigenvalue weighted by molar-refractivity contribution is 6.03. The Morgan fingerprint density at radius 2 is 1.63 bits per heavy atom. The fraction of sp³-hybridized carbons (Fsp3) is 0.522. The molecule has 0 bridgehead atoms. The molecule has 1 aliphatic carbocycles. The predicted octanol–water partition coefficient (Wildman–Crippen LogP) is 1.95. The smallest absolute Gasteiger partial charge is 0.254 e. The summed E-state index contributed by atoms with van der Waals surface area (Å²) < 4.78 is 0. The monoisotopic (exact) mass is 410 g/mol. The molecule has 7 nitrogen and oxygen atoms in total. The first-order valence-electron chi connectivity index (χ1n) is 10.8. The van der Waals surface area contributed by atoms with Gasteiger partial charge in [-0.05, 0) is 43.0 Å². The van der Waals surface area contributed by atoms with Crippen LogP contribution in [-0.4, -0.2) is 58.5 Å². The molecule has 1 saturated carbocycles. The molecule has 3 amide bonds. The van der Waals surface area contributed by atoms with Gasteiger partial charge in [0.25, 0.3) is 5.91 Å². The van der Waals surface area contributed by atoms with Crippen molar-refractivity contribution in [2.75, 3.05) is 13.1 Å². The number of hydrogen-bond acceptors (Lipinski definition) is 4. The second-order valence-corrected chi connectivity index (χ2v) is 8.62. The summed E-state index contributed by atoms with van der Waals surface area (Å²) in [6.07, 6.45) is 9.22. The molecule has 159 valence electrons. The number of nitrogens with two attached hydrogens (primary N) is 1. The highest BCUT2D eigenvalue weighted by Gasteiger charge is 2.51. The molecule has 2 aliphatic heterocycles. The van der Waals surface area contributed by atoms with Gasteiger partial charge in [0, 0.05) is 17.7 Å². The largest absolute Gasteiger partial charge is 0.366 e. The van der Waals surface area contributed by atoms with E-state index in [4.69, 9.17) is 5.73 Å². The van der Waals surface area contributed by atoms with E-state index >= 15 is 0 Å². The number of benzene rings is 1. The third kappa shape index (κ3) is 3.98. The normalized spacial score (nSPS) is 24.2. The summed E-state index contributed by atoms with van der Waals surface area (Å²) in [6.45, 7) is 0.504. The Kier molecular flexibility index (Phi) is 5.88. The second kappa shape index (κ2) is 8.58. The molecule has 3 fully saturated rings. The number of hydrogen-bond donors (Lipinski definition) is 1. The summed E-state index contributed by atoms with van der Waals surface area (Å²) in [5.41, 5.74) is 5.98. The van der Waals surface area contributed by atoms with Crippen LogP contribution < -0.4 is 5.73 Å². The molecule has 2 atom stereocenters. The van der Waals surface area contributed by atoms with Gasteiger partial charge in [-0.3, -0.25) is 19.2 Å². The number of likely N-dealkylation sites (tertiary alicyclic amines) is 2. The van der Waals surface area contributed by atoms with Crippen molar-refractivity contribution < 1.29 is 19.2 Å². The maximum absolute atomic E-state index is 13.0. The molecule has 2 heterocycles. The van der Waals surface area contributed by atoms with Crippen molar-refractivity contribution in [3.05, 3.63) is 41.8 Å². The lowest BCUT2D eigenvalue weighted by molar-refractivity contribution is -0.133. The van der Waals surface area contributed by atoms with Crippen LogP contribution in [0.5, 0.6) is 0 Å². The molecular formula is C23H28N3O4. The lowest BCUT2D eigenvalue weighted by atomic mass is 9.86. The number of carbonyl (C=O) groups is 4. The third-order valence-electron chi connectivity index (χ3n) is 6.73. The Labute approximate surface area is 176 Å². The van der Waals surface area contributed by atoms with Crippen LogP contribution >= 0.6 is 0 Å². The maximum atomic E-state index is 13.0. The number of carbonyl (C=O) groups excluding carboxylic acids is 4. The van der Waals surface area contributed by atoms with Crippen molar-refractivity contribution in [1.82, 2.24) is 9.80 Å². The van der Waals surface area contributed by atoms with E-state index in [-0.39, 0.29) is 30.2 Å². The zero-order valence-corrected chi connectivity index (χ0v) is 17.1. The molecule has 2 saturated heterocycles. The van der Waals surface area contributed by atoms with Gasteiger partial charge in [0.1, 0.15) is 6.04 Å². The Hall–Kier alpha value is -2.70. The Bertz CT molecular complexity index is 845. The fourth-order valence-electron chi connectivity index (χ4n) is 5.09. The van der Waals surface area contributed by atoms with Crippen LogP contribution in [0.3, 0.4) is 0 Å². The zero-order valence-electron chi connectivity index (χ0n) is 17.1. The molecule has 7 heteroatoms. The minimum atomic E-state index is -0.556. The summed E-state index contributed by atoms with van der Waals surface area (Å²) in [6, 6.07) is 5.29. The standard InChI is InChI=1S/C23H28N3O4/c24-22(29)16-7-9-17(10-8-16)23(30)26-14-19(27)21-18(26)12-13-25(21)20(28)11-6-15-4-2-1-3-5-15/h7-11,15,18,21H,1-6,12-14H2,(H2,24,29). The first-order valence-corrected chi connectivity index (χ1v) is 10.8. The Morgan fingerprint density at radius 1 is 0.967 bits per heavy atom. The number of primary amides is 1. The highest BCUT2D eigenvalue weighted by Crippen LogP contribution is 2.32. The molecule has 3 aliphatic rings. The number of ketones is 1. The van der Waals surface area contributed by atoms with E-state index in [2.05, 4.69) is 0 Å². The first-order chi connectivity index (χ1) is 14.5. The lowest BCUT2D eigenvalue weighted by Gasteiger charge is -2.26. The van der Waals surface area contributed by atoms with Gasteiger partial charge in [-0.2, -0.15) is 0 Å². The first kappa shape index (κ1) is 20.6. The van der Waals surface area contributed by atoms with E-state index in [1.807, 2.05) is 0 Å².